The van der Waals surface area contributed by atoms with Crippen molar-refractivity contribution in [3.63, 3.8) is 0 Å². The van der Waals surface area contributed by atoms with Crippen molar-refractivity contribution in [1.29, 1.82) is 0 Å². The summed E-state index contributed by atoms with van der Waals surface area (Å²) in [6.07, 6.45) is 0. The van der Waals surface area contributed by atoms with E-state index in [4.69, 9.17) is 4.74 Å². The summed E-state index contributed by atoms with van der Waals surface area (Å²) in [7, 11) is -3.60. The van der Waals surface area contributed by atoms with Crippen LogP contribution in [0.4, 0.5) is 10.1 Å². The van der Waals surface area contributed by atoms with Gasteiger partial charge >= 0.3 is 0 Å². The summed E-state index contributed by atoms with van der Waals surface area (Å²) in [6, 6.07) is 18.2. The van der Waals surface area contributed by atoms with E-state index in [0.29, 0.717) is 35.8 Å². The number of amides is 1. The number of hydrogen-bond donors (Lipinski definition) is 1. The normalized spacial score (nSPS) is 11.4. The molecular weight excluding hydrogens is 419 g/mol. The van der Waals surface area contributed by atoms with Crippen molar-refractivity contribution in [3.05, 3.63) is 84.2 Å². The highest BCUT2D eigenvalue weighted by atomic mass is 32.2. The fraction of sp³-hybridized carbons (Fsp3) is 0.174. The van der Waals surface area contributed by atoms with Crippen molar-refractivity contribution in [2.45, 2.75) is 18.7 Å². The Labute approximate surface area is 181 Å². The van der Waals surface area contributed by atoms with Gasteiger partial charge in [-0.05, 0) is 48.5 Å². The molecule has 1 amide bonds. The molecule has 0 aliphatic rings. The molecule has 0 bridgehead atoms. The van der Waals surface area contributed by atoms with E-state index in [2.05, 4.69) is 5.32 Å². The highest BCUT2D eigenvalue weighted by Gasteiger charge is 2.21. The van der Waals surface area contributed by atoms with Crippen LogP contribution in [0, 0.1) is 5.82 Å². The maximum absolute atomic E-state index is 13.4. The highest BCUT2D eigenvalue weighted by Crippen LogP contribution is 2.30. The van der Waals surface area contributed by atoms with Gasteiger partial charge in [-0.1, -0.05) is 32.0 Å². The summed E-state index contributed by atoms with van der Waals surface area (Å²) in [5.74, 6) is -0.212. The molecule has 162 valence electrons. The van der Waals surface area contributed by atoms with Crippen LogP contribution in [-0.2, 0) is 10.0 Å². The number of carbonyl (C=O) groups excluding carboxylic acids is 1. The Bertz CT molecular complexity index is 1160. The van der Waals surface area contributed by atoms with Crippen LogP contribution >= 0.6 is 0 Å². The Morgan fingerprint density at radius 2 is 1.65 bits per heavy atom. The molecule has 0 heterocycles. The first-order valence-electron chi connectivity index (χ1n) is 9.79. The Hall–Kier alpha value is -3.23. The van der Waals surface area contributed by atoms with Gasteiger partial charge in [0.05, 0.1) is 10.6 Å². The van der Waals surface area contributed by atoms with E-state index in [1.165, 1.54) is 46.8 Å². The number of rotatable bonds is 8. The van der Waals surface area contributed by atoms with Gasteiger partial charge in [0.2, 0.25) is 10.0 Å². The average Bonchev–Trinajstić information content (AvgIpc) is 2.76. The third-order valence-corrected chi connectivity index (χ3v) is 6.68. The van der Waals surface area contributed by atoms with Gasteiger partial charge in [0, 0.05) is 24.7 Å². The molecule has 6 nitrogen and oxygen atoms in total. The lowest BCUT2D eigenvalue weighted by Gasteiger charge is -2.18. The van der Waals surface area contributed by atoms with Gasteiger partial charge in [-0.3, -0.25) is 4.79 Å². The molecule has 0 aliphatic carbocycles. The van der Waals surface area contributed by atoms with E-state index in [-0.39, 0.29) is 4.90 Å². The SMILES string of the molecule is CCN(CC)S(=O)(=O)c1ccc(C(=O)Nc2ccccc2Oc2cccc(F)c2)cc1. The monoisotopic (exact) mass is 442 g/mol. The number of carbonyl (C=O) groups is 1. The lowest BCUT2D eigenvalue weighted by atomic mass is 10.2. The highest BCUT2D eigenvalue weighted by molar-refractivity contribution is 7.89. The number of sulfonamides is 1. The van der Waals surface area contributed by atoms with Crippen LogP contribution in [0.25, 0.3) is 0 Å². The van der Waals surface area contributed by atoms with Crippen molar-refractivity contribution in [3.8, 4) is 11.5 Å². The summed E-state index contributed by atoms with van der Waals surface area (Å²) >= 11 is 0. The van der Waals surface area contributed by atoms with Crippen molar-refractivity contribution in [2.24, 2.45) is 0 Å². The molecular formula is C23H23FN2O4S. The summed E-state index contributed by atoms with van der Waals surface area (Å²) in [6.45, 7) is 4.27. The maximum atomic E-state index is 13.4. The molecule has 0 saturated heterocycles. The Kier molecular flexibility index (Phi) is 7.04. The first-order chi connectivity index (χ1) is 14.8. The van der Waals surface area contributed by atoms with Gasteiger partial charge in [-0.15, -0.1) is 0 Å². The van der Waals surface area contributed by atoms with E-state index in [1.54, 1.807) is 44.2 Å². The number of nitrogens with zero attached hydrogens (tertiary/aromatic N) is 1. The second-order valence-electron chi connectivity index (χ2n) is 6.62. The molecule has 31 heavy (non-hydrogen) atoms. The zero-order chi connectivity index (χ0) is 22.4. The summed E-state index contributed by atoms with van der Waals surface area (Å²) in [5, 5.41) is 2.75. The Balaban J connectivity index is 1.78. The van der Waals surface area contributed by atoms with Gasteiger partial charge < -0.3 is 10.1 Å². The molecule has 3 rings (SSSR count). The van der Waals surface area contributed by atoms with Crippen molar-refractivity contribution >= 4 is 21.6 Å². The molecule has 0 unspecified atom stereocenters. The lowest BCUT2D eigenvalue weighted by Crippen LogP contribution is -2.30. The molecule has 0 spiro atoms. The fourth-order valence-corrected chi connectivity index (χ4v) is 4.46. The molecule has 0 radical (unpaired) electrons. The van der Waals surface area contributed by atoms with Crippen LogP contribution < -0.4 is 10.1 Å². The van der Waals surface area contributed by atoms with Crippen LogP contribution in [0.15, 0.2) is 77.7 Å². The molecule has 8 heteroatoms. The zero-order valence-corrected chi connectivity index (χ0v) is 18.0. The molecule has 1 N–H and O–H groups in total. The predicted molar refractivity (Wildman–Crippen MR) is 117 cm³/mol. The van der Waals surface area contributed by atoms with Gasteiger partial charge in [-0.25, -0.2) is 12.8 Å². The predicted octanol–water partition coefficient (Wildman–Crippen LogP) is 4.90. The van der Waals surface area contributed by atoms with Crippen molar-refractivity contribution in [2.75, 3.05) is 18.4 Å². The third-order valence-electron chi connectivity index (χ3n) is 4.62. The number of anilines is 1. The van der Waals surface area contributed by atoms with E-state index >= 15 is 0 Å². The topological polar surface area (TPSA) is 75.7 Å². The first-order valence-corrected chi connectivity index (χ1v) is 11.2. The van der Waals surface area contributed by atoms with Gasteiger partial charge in [-0.2, -0.15) is 4.31 Å². The second-order valence-corrected chi connectivity index (χ2v) is 8.56. The summed E-state index contributed by atoms with van der Waals surface area (Å²) < 4.78 is 45.7. The Morgan fingerprint density at radius 3 is 2.29 bits per heavy atom. The van der Waals surface area contributed by atoms with Crippen LogP contribution in [0.2, 0.25) is 0 Å². The van der Waals surface area contributed by atoms with Gasteiger partial charge in [0.1, 0.15) is 11.6 Å². The van der Waals surface area contributed by atoms with Crippen LogP contribution in [0.3, 0.4) is 0 Å². The fourth-order valence-electron chi connectivity index (χ4n) is 3.00. The zero-order valence-electron chi connectivity index (χ0n) is 17.2. The molecule has 0 atom stereocenters. The van der Waals surface area contributed by atoms with E-state index in [9.17, 15) is 17.6 Å². The molecule has 0 saturated carbocycles. The quantitative estimate of drug-likeness (QED) is 0.538. The molecule has 0 fully saturated rings. The lowest BCUT2D eigenvalue weighted by molar-refractivity contribution is 0.102. The molecule has 3 aromatic rings. The van der Waals surface area contributed by atoms with Crippen molar-refractivity contribution in [1.82, 2.24) is 4.31 Å². The van der Waals surface area contributed by atoms with Crippen LogP contribution in [0.1, 0.15) is 24.2 Å². The smallest absolute Gasteiger partial charge is 0.255 e. The number of para-hydroxylation sites is 2. The Morgan fingerprint density at radius 1 is 0.968 bits per heavy atom. The number of ether oxygens (including phenoxy) is 1. The molecule has 0 aliphatic heterocycles. The van der Waals surface area contributed by atoms with E-state index in [0.717, 1.165) is 0 Å². The minimum absolute atomic E-state index is 0.127. The van der Waals surface area contributed by atoms with Gasteiger partial charge in [0.15, 0.2) is 5.75 Å². The largest absolute Gasteiger partial charge is 0.455 e. The van der Waals surface area contributed by atoms with Crippen molar-refractivity contribution < 1.29 is 22.3 Å². The van der Waals surface area contributed by atoms with Gasteiger partial charge in [0.25, 0.3) is 5.91 Å². The average molecular weight is 443 g/mol. The number of hydrogen-bond acceptors (Lipinski definition) is 4. The molecule has 0 aromatic heterocycles. The standard InChI is InChI=1S/C23H23FN2O4S/c1-3-26(4-2)31(28,29)20-14-12-17(13-15-20)23(27)25-21-10-5-6-11-22(21)30-19-9-7-8-18(24)16-19/h5-16H,3-4H2,1-2H3,(H,25,27). The first kappa shape index (κ1) is 22.5. The summed E-state index contributed by atoms with van der Waals surface area (Å²) in [5.41, 5.74) is 0.690. The van der Waals surface area contributed by atoms with E-state index in [1.807, 2.05) is 0 Å². The van der Waals surface area contributed by atoms with Crippen LogP contribution in [-0.4, -0.2) is 31.7 Å². The maximum Gasteiger partial charge on any atom is 0.255 e. The van der Waals surface area contributed by atoms with Crippen LogP contribution in [0.5, 0.6) is 11.5 Å². The second kappa shape index (κ2) is 9.72. The minimum Gasteiger partial charge on any atom is -0.455 e. The third kappa shape index (κ3) is 5.28. The number of benzene rings is 3. The number of halogens is 1. The van der Waals surface area contributed by atoms with E-state index < -0.39 is 21.7 Å². The minimum atomic E-state index is -3.60. The number of nitrogens with one attached hydrogen (secondary N) is 1. The molecule has 3 aromatic carbocycles. The summed E-state index contributed by atoms with van der Waals surface area (Å²) in [4.78, 5) is 12.8.